The molecule has 1 aliphatic rings. The summed E-state index contributed by atoms with van der Waals surface area (Å²) < 4.78 is 2.18. The first-order chi connectivity index (χ1) is 3.79. The van der Waals surface area contributed by atoms with Gasteiger partial charge in [0.05, 0.1) is 0 Å². The van der Waals surface area contributed by atoms with Crippen LogP contribution in [0.5, 0.6) is 0 Å². The Kier molecular flexibility index (Phi) is 1.98. The van der Waals surface area contributed by atoms with E-state index in [2.05, 4.69) is 14.1 Å². The van der Waals surface area contributed by atoms with Crippen LogP contribution in [0, 0.1) is 5.41 Å². The maximum absolute atomic E-state index is 7.24. The van der Waals surface area contributed by atoms with Crippen LogP contribution in [-0.2, 0) is 0 Å². The van der Waals surface area contributed by atoms with Gasteiger partial charge in [0.25, 0.3) is 0 Å². The number of hydrogen-bond acceptors (Lipinski definition) is 2. The molecule has 1 fully saturated rings. The molecule has 0 aromatic heterocycles. The van der Waals surface area contributed by atoms with Crippen LogP contribution in [0.25, 0.3) is 0 Å². The topological polar surface area (TPSA) is 27.1 Å². The van der Waals surface area contributed by atoms with Crippen molar-refractivity contribution >= 4 is 15.1 Å². The third kappa shape index (κ3) is 1.53. The zero-order chi connectivity index (χ0) is 5.98. The fourth-order valence-electron chi connectivity index (χ4n) is 0.794. The van der Waals surface area contributed by atoms with Gasteiger partial charge in [-0.15, -0.1) is 0 Å². The van der Waals surface area contributed by atoms with Crippen molar-refractivity contribution in [3.8, 4) is 0 Å². The van der Waals surface area contributed by atoms with Crippen LogP contribution < -0.4 is 0 Å². The van der Waals surface area contributed by atoms with Gasteiger partial charge in [-0.25, -0.2) is 0 Å². The molecule has 8 heavy (non-hydrogen) atoms. The maximum atomic E-state index is 7.24. The SMILES string of the molecule is N=C1CCN(P)CC1. The van der Waals surface area contributed by atoms with Crippen molar-refractivity contribution in [1.82, 2.24) is 4.67 Å². The van der Waals surface area contributed by atoms with Crippen LogP contribution in [0.1, 0.15) is 12.8 Å². The molecule has 1 heterocycles. The Bertz CT molecular complexity index is 92.6. The molecule has 3 heteroatoms. The highest BCUT2D eigenvalue weighted by atomic mass is 31.0. The van der Waals surface area contributed by atoms with Gasteiger partial charge in [-0.1, -0.05) is 9.39 Å². The Hall–Kier alpha value is 0.0600. The van der Waals surface area contributed by atoms with Crippen molar-refractivity contribution in [2.45, 2.75) is 12.8 Å². The minimum atomic E-state index is 0.906. The van der Waals surface area contributed by atoms with Gasteiger partial charge in [-0.3, -0.25) is 4.67 Å². The summed E-state index contributed by atoms with van der Waals surface area (Å²) in [5.74, 6) is 0. The number of rotatable bonds is 0. The summed E-state index contributed by atoms with van der Waals surface area (Å²) in [6.07, 6.45) is 1.92. The molecule has 1 rings (SSSR count). The molecule has 1 atom stereocenters. The highest BCUT2D eigenvalue weighted by molar-refractivity contribution is 7.13. The Labute approximate surface area is 52.0 Å². The van der Waals surface area contributed by atoms with Gasteiger partial charge < -0.3 is 5.41 Å². The van der Waals surface area contributed by atoms with Crippen molar-refractivity contribution in [2.24, 2.45) is 0 Å². The quantitative estimate of drug-likeness (QED) is 0.484. The fourth-order valence-corrected chi connectivity index (χ4v) is 1.05. The van der Waals surface area contributed by atoms with Crippen molar-refractivity contribution in [1.29, 1.82) is 5.41 Å². The van der Waals surface area contributed by atoms with Crippen LogP contribution in [-0.4, -0.2) is 23.5 Å². The van der Waals surface area contributed by atoms with Crippen LogP contribution in [0.15, 0.2) is 0 Å². The molecule has 0 amide bonds. The van der Waals surface area contributed by atoms with E-state index in [1.807, 2.05) is 0 Å². The summed E-state index contributed by atoms with van der Waals surface area (Å²) in [6, 6.07) is 0. The molecule has 1 aliphatic heterocycles. The zero-order valence-electron chi connectivity index (χ0n) is 4.85. The second-order valence-corrected chi connectivity index (χ2v) is 2.87. The van der Waals surface area contributed by atoms with Crippen molar-refractivity contribution < 1.29 is 0 Å². The first-order valence-electron chi connectivity index (χ1n) is 2.85. The predicted octanol–water partition coefficient (Wildman–Crippen LogP) is 0.892. The third-order valence-corrected chi connectivity index (χ3v) is 1.92. The summed E-state index contributed by atoms with van der Waals surface area (Å²) in [7, 11) is 2.66. The predicted molar refractivity (Wildman–Crippen MR) is 38.2 cm³/mol. The van der Waals surface area contributed by atoms with Gasteiger partial charge in [0.1, 0.15) is 0 Å². The molecule has 1 unspecified atom stereocenters. The molecule has 1 saturated heterocycles. The molecule has 46 valence electrons. The average molecular weight is 130 g/mol. The second-order valence-electron chi connectivity index (χ2n) is 2.14. The molecule has 2 nitrogen and oxygen atoms in total. The highest BCUT2D eigenvalue weighted by Crippen LogP contribution is 2.08. The standard InChI is InChI=1S/C5H11N2P/c6-5-1-3-7(8)4-2-5/h6H,1-4,8H2. The van der Waals surface area contributed by atoms with E-state index in [-0.39, 0.29) is 0 Å². The van der Waals surface area contributed by atoms with E-state index in [1.54, 1.807) is 0 Å². The molecule has 0 aliphatic carbocycles. The van der Waals surface area contributed by atoms with Gasteiger partial charge in [-0.05, 0) is 12.8 Å². The van der Waals surface area contributed by atoms with Gasteiger partial charge in [0.2, 0.25) is 0 Å². The van der Waals surface area contributed by atoms with E-state index in [0.29, 0.717) is 0 Å². The molecular weight excluding hydrogens is 119 g/mol. The molecular formula is C5H11N2P. The Morgan fingerprint density at radius 3 is 2.25 bits per heavy atom. The third-order valence-electron chi connectivity index (χ3n) is 1.40. The molecule has 0 saturated carbocycles. The largest absolute Gasteiger partial charge is 0.310 e. The number of nitrogens with one attached hydrogen (secondary N) is 1. The smallest absolute Gasteiger partial charge is 0.0115 e. The molecule has 0 aromatic rings. The lowest BCUT2D eigenvalue weighted by atomic mass is 10.1. The number of hydrogen-bond donors (Lipinski definition) is 1. The van der Waals surface area contributed by atoms with Crippen LogP contribution >= 0.6 is 9.39 Å². The first kappa shape index (κ1) is 6.18. The Morgan fingerprint density at radius 2 is 1.88 bits per heavy atom. The molecule has 0 spiro atoms. The van der Waals surface area contributed by atoms with E-state index in [1.165, 1.54) is 0 Å². The van der Waals surface area contributed by atoms with E-state index in [0.717, 1.165) is 31.6 Å². The van der Waals surface area contributed by atoms with Crippen LogP contribution in [0.2, 0.25) is 0 Å². The van der Waals surface area contributed by atoms with E-state index < -0.39 is 0 Å². The van der Waals surface area contributed by atoms with Crippen molar-refractivity contribution in [3.63, 3.8) is 0 Å². The second kappa shape index (κ2) is 2.56. The summed E-state index contributed by atoms with van der Waals surface area (Å²) in [6.45, 7) is 2.09. The molecule has 0 bridgehead atoms. The normalized spacial score (nSPS) is 23.9. The fraction of sp³-hybridized carbons (Fsp3) is 0.800. The van der Waals surface area contributed by atoms with Crippen LogP contribution in [0.4, 0.5) is 0 Å². The lowest BCUT2D eigenvalue weighted by Crippen LogP contribution is -2.25. The van der Waals surface area contributed by atoms with E-state index >= 15 is 0 Å². The summed E-state index contributed by atoms with van der Waals surface area (Å²) >= 11 is 0. The Morgan fingerprint density at radius 1 is 1.38 bits per heavy atom. The summed E-state index contributed by atoms with van der Waals surface area (Å²) in [5, 5.41) is 7.24. The summed E-state index contributed by atoms with van der Waals surface area (Å²) in [5.41, 5.74) is 0.906. The number of nitrogens with zero attached hydrogens (tertiary/aromatic N) is 1. The van der Waals surface area contributed by atoms with Gasteiger partial charge >= 0.3 is 0 Å². The van der Waals surface area contributed by atoms with Gasteiger partial charge in [-0.2, -0.15) is 0 Å². The van der Waals surface area contributed by atoms with Crippen molar-refractivity contribution in [3.05, 3.63) is 0 Å². The zero-order valence-corrected chi connectivity index (χ0v) is 6.01. The highest BCUT2D eigenvalue weighted by Gasteiger charge is 2.08. The van der Waals surface area contributed by atoms with Gasteiger partial charge in [0.15, 0.2) is 0 Å². The van der Waals surface area contributed by atoms with Crippen molar-refractivity contribution in [2.75, 3.05) is 13.1 Å². The molecule has 0 radical (unpaired) electrons. The summed E-state index contributed by atoms with van der Waals surface area (Å²) in [4.78, 5) is 0. The Balaban J connectivity index is 2.29. The molecule has 1 N–H and O–H groups in total. The monoisotopic (exact) mass is 130 g/mol. The average Bonchev–Trinajstić information content (AvgIpc) is 1.77. The maximum Gasteiger partial charge on any atom is 0.0115 e. The first-order valence-corrected chi connectivity index (χ1v) is 3.36. The molecule has 0 aromatic carbocycles. The lowest BCUT2D eigenvalue weighted by Gasteiger charge is -2.21. The van der Waals surface area contributed by atoms with Crippen LogP contribution in [0.3, 0.4) is 0 Å². The minimum Gasteiger partial charge on any atom is -0.310 e. The van der Waals surface area contributed by atoms with E-state index in [4.69, 9.17) is 5.41 Å². The lowest BCUT2D eigenvalue weighted by molar-refractivity contribution is 0.468. The number of piperidine rings is 1. The van der Waals surface area contributed by atoms with Gasteiger partial charge in [0, 0.05) is 18.8 Å². The minimum absolute atomic E-state index is 0.906. The van der Waals surface area contributed by atoms with E-state index in [9.17, 15) is 0 Å².